The number of para-hydroxylation sites is 1. The Bertz CT molecular complexity index is 583. The summed E-state index contributed by atoms with van der Waals surface area (Å²) in [6.45, 7) is 4.22. The van der Waals surface area contributed by atoms with E-state index in [4.69, 9.17) is 10.8 Å². The van der Waals surface area contributed by atoms with E-state index in [1.54, 1.807) is 0 Å². The minimum Gasteiger partial charge on any atom is -0.327 e. The van der Waals surface area contributed by atoms with Gasteiger partial charge in [0.1, 0.15) is 0 Å². The van der Waals surface area contributed by atoms with Crippen molar-refractivity contribution in [1.29, 1.82) is 0 Å². The quantitative estimate of drug-likeness (QED) is 0.832. The standard InChI is InChI=1S/C15H19N3/c1-10-5-3-4-6-14(10)18-15-8-7-12(16)9-13(15)11(2)17-18/h3-6,12H,7-9,16H2,1-2H3. The molecular formula is C15H19N3. The molecule has 3 rings (SSSR count). The predicted molar refractivity (Wildman–Crippen MR) is 73.0 cm³/mol. The molecule has 0 amide bonds. The van der Waals surface area contributed by atoms with Crippen LogP contribution >= 0.6 is 0 Å². The summed E-state index contributed by atoms with van der Waals surface area (Å²) in [5.74, 6) is 0. The van der Waals surface area contributed by atoms with Crippen LogP contribution in [0.5, 0.6) is 0 Å². The van der Waals surface area contributed by atoms with Crippen molar-refractivity contribution < 1.29 is 0 Å². The van der Waals surface area contributed by atoms with Gasteiger partial charge in [0, 0.05) is 11.7 Å². The molecule has 1 unspecified atom stereocenters. The average Bonchev–Trinajstić information content (AvgIpc) is 2.67. The summed E-state index contributed by atoms with van der Waals surface area (Å²) >= 11 is 0. The molecule has 0 fully saturated rings. The van der Waals surface area contributed by atoms with E-state index in [-0.39, 0.29) is 0 Å². The van der Waals surface area contributed by atoms with Crippen molar-refractivity contribution in [3.63, 3.8) is 0 Å². The Morgan fingerprint density at radius 3 is 2.83 bits per heavy atom. The van der Waals surface area contributed by atoms with E-state index in [0.29, 0.717) is 6.04 Å². The predicted octanol–water partition coefficient (Wildman–Crippen LogP) is 2.31. The fourth-order valence-corrected chi connectivity index (χ4v) is 2.82. The molecule has 0 saturated heterocycles. The Morgan fingerprint density at radius 1 is 1.28 bits per heavy atom. The number of nitrogens with zero attached hydrogens (tertiary/aromatic N) is 2. The van der Waals surface area contributed by atoms with E-state index in [1.165, 1.54) is 22.5 Å². The van der Waals surface area contributed by atoms with Crippen molar-refractivity contribution in [3.8, 4) is 5.69 Å². The fraction of sp³-hybridized carbons (Fsp3) is 0.400. The normalized spacial score (nSPS) is 18.7. The first-order valence-electron chi connectivity index (χ1n) is 6.56. The molecule has 1 aromatic carbocycles. The van der Waals surface area contributed by atoms with Crippen molar-refractivity contribution in [2.45, 2.75) is 39.2 Å². The van der Waals surface area contributed by atoms with Crippen LogP contribution in [0.2, 0.25) is 0 Å². The number of fused-ring (bicyclic) bond motifs is 1. The average molecular weight is 241 g/mol. The van der Waals surface area contributed by atoms with Gasteiger partial charge in [-0.15, -0.1) is 0 Å². The molecular weight excluding hydrogens is 222 g/mol. The van der Waals surface area contributed by atoms with Gasteiger partial charge in [-0.25, -0.2) is 4.68 Å². The molecule has 0 radical (unpaired) electrons. The topological polar surface area (TPSA) is 43.8 Å². The van der Waals surface area contributed by atoms with Gasteiger partial charge in [0.25, 0.3) is 0 Å². The number of hydrogen-bond acceptors (Lipinski definition) is 2. The van der Waals surface area contributed by atoms with E-state index < -0.39 is 0 Å². The lowest BCUT2D eigenvalue weighted by Crippen LogP contribution is -2.28. The van der Waals surface area contributed by atoms with Gasteiger partial charge in [-0.1, -0.05) is 18.2 Å². The lowest BCUT2D eigenvalue weighted by molar-refractivity contribution is 0.561. The molecule has 0 spiro atoms. The van der Waals surface area contributed by atoms with E-state index in [0.717, 1.165) is 25.0 Å². The lowest BCUT2D eigenvalue weighted by Gasteiger charge is -2.20. The van der Waals surface area contributed by atoms with Crippen LogP contribution in [0.3, 0.4) is 0 Å². The molecule has 3 heteroatoms. The summed E-state index contributed by atoms with van der Waals surface area (Å²) in [4.78, 5) is 0. The van der Waals surface area contributed by atoms with E-state index in [2.05, 4.69) is 42.8 Å². The second kappa shape index (κ2) is 4.25. The first-order chi connectivity index (χ1) is 8.66. The third kappa shape index (κ3) is 1.75. The minimum absolute atomic E-state index is 0.297. The number of aromatic nitrogens is 2. The lowest BCUT2D eigenvalue weighted by atomic mass is 9.92. The Balaban J connectivity index is 2.15. The molecule has 2 aromatic rings. The highest BCUT2D eigenvalue weighted by Gasteiger charge is 2.23. The maximum absolute atomic E-state index is 6.06. The molecule has 0 aliphatic heterocycles. The minimum atomic E-state index is 0.297. The molecule has 2 N–H and O–H groups in total. The summed E-state index contributed by atoms with van der Waals surface area (Å²) in [5, 5.41) is 4.72. The highest BCUT2D eigenvalue weighted by molar-refractivity contribution is 5.44. The Hall–Kier alpha value is -1.61. The number of rotatable bonds is 1. The summed E-state index contributed by atoms with van der Waals surface area (Å²) < 4.78 is 2.12. The molecule has 1 aliphatic rings. The van der Waals surface area contributed by atoms with Crippen molar-refractivity contribution in [2.75, 3.05) is 0 Å². The number of nitrogens with two attached hydrogens (primary N) is 1. The zero-order valence-electron chi connectivity index (χ0n) is 11.0. The summed E-state index contributed by atoms with van der Waals surface area (Å²) in [6, 6.07) is 8.70. The van der Waals surface area contributed by atoms with Gasteiger partial charge >= 0.3 is 0 Å². The Kier molecular flexibility index (Phi) is 2.71. The van der Waals surface area contributed by atoms with Gasteiger partial charge in [0.15, 0.2) is 0 Å². The second-order valence-electron chi connectivity index (χ2n) is 5.21. The van der Waals surface area contributed by atoms with Crippen molar-refractivity contribution in [3.05, 3.63) is 46.8 Å². The molecule has 1 aliphatic carbocycles. The van der Waals surface area contributed by atoms with Gasteiger partial charge in [-0.3, -0.25) is 0 Å². The zero-order chi connectivity index (χ0) is 12.7. The summed E-state index contributed by atoms with van der Waals surface area (Å²) in [6.07, 6.45) is 3.06. The highest BCUT2D eigenvalue weighted by Crippen LogP contribution is 2.27. The SMILES string of the molecule is Cc1ccccc1-n1nc(C)c2c1CCC(N)C2. The maximum atomic E-state index is 6.06. The van der Waals surface area contributed by atoms with Gasteiger partial charge in [0.2, 0.25) is 0 Å². The summed E-state index contributed by atoms with van der Waals surface area (Å²) in [5.41, 5.74) is 12.3. The van der Waals surface area contributed by atoms with Gasteiger partial charge in [-0.05, 0) is 50.3 Å². The van der Waals surface area contributed by atoms with Crippen molar-refractivity contribution >= 4 is 0 Å². The molecule has 0 bridgehead atoms. The van der Waals surface area contributed by atoms with Crippen LogP contribution in [-0.2, 0) is 12.8 Å². The monoisotopic (exact) mass is 241 g/mol. The zero-order valence-corrected chi connectivity index (χ0v) is 11.0. The van der Waals surface area contributed by atoms with Crippen LogP contribution in [0.1, 0.15) is 28.9 Å². The highest BCUT2D eigenvalue weighted by atomic mass is 15.3. The Morgan fingerprint density at radius 2 is 2.06 bits per heavy atom. The fourth-order valence-electron chi connectivity index (χ4n) is 2.82. The van der Waals surface area contributed by atoms with Crippen LogP contribution in [-0.4, -0.2) is 15.8 Å². The van der Waals surface area contributed by atoms with Crippen LogP contribution in [0.15, 0.2) is 24.3 Å². The molecule has 18 heavy (non-hydrogen) atoms. The van der Waals surface area contributed by atoms with Crippen LogP contribution in [0.25, 0.3) is 5.69 Å². The van der Waals surface area contributed by atoms with E-state index >= 15 is 0 Å². The van der Waals surface area contributed by atoms with Crippen molar-refractivity contribution in [1.82, 2.24) is 9.78 Å². The number of aryl methyl sites for hydroxylation is 2. The molecule has 1 aromatic heterocycles. The molecule has 3 nitrogen and oxygen atoms in total. The number of hydrogen-bond donors (Lipinski definition) is 1. The molecule has 94 valence electrons. The largest absolute Gasteiger partial charge is 0.327 e. The molecule has 1 heterocycles. The molecule has 1 atom stereocenters. The van der Waals surface area contributed by atoms with Crippen LogP contribution in [0, 0.1) is 13.8 Å². The first kappa shape index (κ1) is 11.5. The van der Waals surface area contributed by atoms with Gasteiger partial charge in [0.05, 0.1) is 11.4 Å². The van der Waals surface area contributed by atoms with Crippen LogP contribution < -0.4 is 5.73 Å². The second-order valence-corrected chi connectivity index (χ2v) is 5.21. The third-order valence-electron chi connectivity index (χ3n) is 3.85. The van der Waals surface area contributed by atoms with E-state index in [9.17, 15) is 0 Å². The van der Waals surface area contributed by atoms with Gasteiger partial charge < -0.3 is 5.73 Å². The van der Waals surface area contributed by atoms with Crippen LogP contribution in [0.4, 0.5) is 0 Å². The van der Waals surface area contributed by atoms with Crippen molar-refractivity contribution in [2.24, 2.45) is 5.73 Å². The van der Waals surface area contributed by atoms with E-state index in [1.807, 2.05) is 0 Å². The van der Waals surface area contributed by atoms with Gasteiger partial charge in [-0.2, -0.15) is 5.10 Å². The summed E-state index contributed by atoms with van der Waals surface area (Å²) in [7, 11) is 0. The number of benzene rings is 1. The first-order valence-corrected chi connectivity index (χ1v) is 6.56. The molecule has 0 saturated carbocycles. The smallest absolute Gasteiger partial charge is 0.0678 e. The third-order valence-corrected chi connectivity index (χ3v) is 3.85. The maximum Gasteiger partial charge on any atom is 0.0678 e. The Labute approximate surface area is 108 Å².